The van der Waals surface area contributed by atoms with Gasteiger partial charge in [-0.15, -0.1) is 0 Å². The van der Waals surface area contributed by atoms with Crippen molar-refractivity contribution >= 4 is 11.8 Å². The number of carbonyl (C=O) groups is 2. The van der Waals surface area contributed by atoms with Crippen molar-refractivity contribution in [2.75, 3.05) is 7.11 Å². The summed E-state index contributed by atoms with van der Waals surface area (Å²) in [6.45, 7) is 5.95. The van der Waals surface area contributed by atoms with Gasteiger partial charge in [-0.1, -0.05) is 61.3 Å². The molecule has 1 rings (SSSR count). The quantitative estimate of drug-likeness (QED) is 0.153. The number of hydrogen-bond acceptors (Lipinski definition) is 5. The molecule has 0 aromatic heterocycles. The zero-order valence-electron chi connectivity index (χ0n) is 19.0. The predicted octanol–water partition coefficient (Wildman–Crippen LogP) is 5.00. The number of methoxy groups -OCH3 is 1. The van der Waals surface area contributed by atoms with E-state index in [-0.39, 0.29) is 30.4 Å². The Morgan fingerprint density at radius 2 is 1.81 bits per heavy atom. The summed E-state index contributed by atoms with van der Waals surface area (Å²) in [5, 5.41) is 0. The van der Waals surface area contributed by atoms with Crippen molar-refractivity contribution in [1.29, 1.82) is 0 Å². The molecule has 1 fully saturated rings. The molecular weight excluding hydrogens is 392 g/mol. The third-order valence-corrected chi connectivity index (χ3v) is 4.25. The fourth-order valence-corrected chi connectivity index (χ4v) is 2.80. The highest BCUT2D eigenvalue weighted by atomic mass is 16.7. The zero-order valence-corrected chi connectivity index (χ0v) is 19.0. The topological polar surface area (TPSA) is 61.8 Å². The van der Waals surface area contributed by atoms with Gasteiger partial charge in [-0.3, -0.25) is 9.59 Å². The van der Waals surface area contributed by atoms with Crippen molar-refractivity contribution in [3.05, 3.63) is 60.8 Å². The van der Waals surface area contributed by atoms with Gasteiger partial charge in [0.15, 0.2) is 11.6 Å². The average molecular weight is 427 g/mol. The lowest BCUT2D eigenvalue weighted by Gasteiger charge is -2.16. The van der Waals surface area contributed by atoms with E-state index in [2.05, 4.69) is 35.7 Å². The molecule has 0 N–H and O–H groups in total. The molecule has 1 saturated heterocycles. The van der Waals surface area contributed by atoms with E-state index in [1.807, 2.05) is 32.1 Å². The van der Waals surface area contributed by atoms with Crippen molar-refractivity contribution in [2.45, 2.75) is 70.9 Å². The van der Waals surface area contributed by atoms with Gasteiger partial charge < -0.3 is 14.2 Å². The summed E-state index contributed by atoms with van der Waals surface area (Å²) in [6, 6.07) is 0. The van der Waals surface area contributed by atoms with Crippen molar-refractivity contribution in [1.82, 2.24) is 0 Å². The molecule has 0 bridgehead atoms. The third kappa shape index (κ3) is 12.6. The molecule has 0 aliphatic carbocycles. The molecule has 0 spiro atoms. The zero-order chi connectivity index (χ0) is 23.0. The highest BCUT2D eigenvalue weighted by molar-refractivity contribution is 5.91. The van der Waals surface area contributed by atoms with Crippen LogP contribution in [-0.4, -0.2) is 36.9 Å². The molecule has 5 heteroatoms. The van der Waals surface area contributed by atoms with Gasteiger partial charge in [0.1, 0.15) is 6.10 Å². The Kier molecular flexibility index (Phi) is 12.9. The number of ketones is 1. The van der Waals surface area contributed by atoms with Gasteiger partial charge >= 0.3 is 5.97 Å². The lowest BCUT2D eigenvalue weighted by atomic mass is 10.1. The highest BCUT2D eigenvalue weighted by Gasteiger charge is 2.38. The molecule has 0 radical (unpaired) electrons. The van der Waals surface area contributed by atoms with Crippen LogP contribution in [-0.2, 0) is 23.8 Å². The molecular formula is C26H34O5. The Morgan fingerprint density at radius 1 is 1.03 bits per heavy atom. The second-order valence-corrected chi connectivity index (χ2v) is 7.38. The SMILES string of the molecule is CC/C=C\C[C@@H]1OC(C)(C)O[C@@H]1/C=C/C=C/C#C/C=C/C(=O)C/C=C\CCC(=O)OC. The average Bonchev–Trinajstić information content (AvgIpc) is 3.03. The highest BCUT2D eigenvalue weighted by Crippen LogP contribution is 2.30. The van der Waals surface area contributed by atoms with Crippen LogP contribution >= 0.6 is 0 Å². The summed E-state index contributed by atoms with van der Waals surface area (Å²) in [5.41, 5.74) is 0. The number of allylic oxidation sites excluding steroid dienone is 8. The predicted molar refractivity (Wildman–Crippen MR) is 123 cm³/mol. The normalized spacial score (nSPS) is 20.9. The van der Waals surface area contributed by atoms with E-state index in [0.717, 1.165) is 12.8 Å². The van der Waals surface area contributed by atoms with Crippen LogP contribution in [0, 0.1) is 11.8 Å². The molecule has 0 saturated carbocycles. The van der Waals surface area contributed by atoms with Crippen LogP contribution in [0.1, 0.15) is 52.9 Å². The van der Waals surface area contributed by atoms with Crippen LogP contribution in [0.4, 0.5) is 0 Å². The number of rotatable bonds is 11. The standard InChI is InChI=1S/C26H34O5/c1-5-6-12-19-23-24(31-26(2,3)30-23)20-15-10-8-7-9-13-17-22(27)18-14-11-16-21-25(28)29-4/h6,8,10-15,17,20,23-24H,5,16,18-19,21H2,1-4H3/b10-8+,12-6-,14-11-,17-13+,20-15+/t23-,24+/m0/s1. The molecule has 2 atom stereocenters. The molecule has 1 aliphatic heterocycles. The Morgan fingerprint density at radius 3 is 2.55 bits per heavy atom. The fraction of sp³-hybridized carbons (Fsp3) is 0.462. The van der Waals surface area contributed by atoms with Crippen molar-refractivity contribution in [3.8, 4) is 11.8 Å². The second kappa shape index (κ2) is 15.2. The summed E-state index contributed by atoms with van der Waals surface area (Å²) < 4.78 is 16.4. The van der Waals surface area contributed by atoms with E-state index >= 15 is 0 Å². The summed E-state index contributed by atoms with van der Waals surface area (Å²) in [4.78, 5) is 22.7. The van der Waals surface area contributed by atoms with Gasteiger partial charge in [0.05, 0.1) is 13.2 Å². The van der Waals surface area contributed by atoms with E-state index < -0.39 is 5.79 Å². The summed E-state index contributed by atoms with van der Waals surface area (Å²) >= 11 is 0. The van der Waals surface area contributed by atoms with Gasteiger partial charge in [-0.05, 0) is 51.3 Å². The molecule has 1 heterocycles. The van der Waals surface area contributed by atoms with Crippen LogP contribution < -0.4 is 0 Å². The summed E-state index contributed by atoms with van der Waals surface area (Å²) in [6.07, 6.45) is 21.1. The van der Waals surface area contributed by atoms with Crippen molar-refractivity contribution in [2.24, 2.45) is 0 Å². The molecule has 1 aliphatic rings. The third-order valence-electron chi connectivity index (χ3n) is 4.25. The maximum atomic E-state index is 11.7. The van der Waals surface area contributed by atoms with E-state index in [9.17, 15) is 9.59 Å². The second-order valence-electron chi connectivity index (χ2n) is 7.38. The van der Waals surface area contributed by atoms with Gasteiger partial charge in [0.25, 0.3) is 0 Å². The van der Waals surface area contributed by atoms with Crippen LogP contribution in [0.25, 0.3) is 0 Å². The molecule has 0 aromatic carbocycles. The van der Waals surface area contributed by atoms with Gasteiger partial charge in [-0.25, -0.2) is 0 Å². The molecule has 31 heavy (non-hydrogen) atoms. The Balaban J connectivity index is 2.38. The maximum Gasteiger partial charge on any atom is 0.305 e. The van der Waals surface area contributed by atoms with E-state index in [0.29, 0.717) is 12.8 Å². The molecule has 0 aromatic rings. The molecule has 0 unspecified atom stereocenters. The van der Waals surface area contributed by atoms with Gasteiger partial charge in [0.2, 0.25) is 0 Å². The molecule has 0 amide bonds. The van der Waals surface area contributed by atoms with Crippen LogP contribution in [0.3, 0.4) is 0 Å². The lowest BCUT2D eigenvalue weighted by Crippen LogP contribution is -2.21. The summed E-state index contributed by atoms with van der Waals surface area (Å²) in [7, 11) is 1.36. The number of hydrogen-bond donors (Lipinski definition) is 0. The first-order chi connectivity index (χ1) is 14.9. The minimum Gasteiger partial charge on any atom is -0.469 e. The first-order valence-electron chi connectivity index (χ1n) is 10.6. The Bertz CT molecular complexity index is 771. The van der Waals surface area contributed by atoms with E-state index in [1.165, 1.54) is 19.3 Å². The van der Waals surface area contributed by atoms with Gasteiger partial charge in [0, 0.05) is 12.8 Å². The van der Waals surface area contributed by atoms with Crippen LogP contribution in [0.5, 0.6) is 0 Å². The lowest BCUT2D eigenvalue weighted by molar-refractivity contribution is -0.142. The maximum absolute atomic E-state index is 11.7. The van der Waals surface area contributed by atoms with Crippen LogP contribution in [0.15, 0.2) is 60.8 Å². The molecule has 168 valence electrons. The van der Waals surface area contributed by atoms with E-state index in [1.54, 1.807) is 18.2 Å². The Labute approximate surface area is 186 Å². The van der Waals surface area contributed by atoms with E-state index in [4.69, 9.17) is 9.47 Å². The fourth-order valence-electron chi connectivity index (χ4n) is 2.80. The minimum atomic E-state index is -0.586. The minimum absolute atomic E-state index is 0.00278. The number of esters is 1. The van der Waals surface area contributed by atoms with Crippen molar-refractivity contribution < 1.29 is 23.8 Å². The number of carbonyl (C=O) groups excluding carboxylic acids is 2. The number of ether oxygens (including phenoxy) is 3. The first-order valence-corrected chi connectivity index (χ1v) is 10.6. The smallest absolute Gasteiger partial charge is 0.305 e. The summed E-state index contributed by atoms with van der Waals surface area (Å²) in [5.74, 6) is 4.77. The van der Waals surface area contributed by atoms with Crippen LogP contribution in [0.2, 0.25) is 0 Å². The van der Waals surface area contributed by atoms with Crippen molar-refractivity contribution in [3.63, 3.8) is 0 Å². The molecule has 5 nitrogen and oxygen atoms in total. The van der Waals surface area contributed by atoms with Gasteiger partial charge in [-0.2, -0.15) is 0 Å². The first kappa shape index (κ1) is 26.4. The Hall–Kier alpha value is -2.68. The largest absolute Gasteiger partial charge is 0.469 e. The monoisotopic (exact) mass is 426 g/mol.